The summed E-state index contributed by atoms with van der Waals surface area (Å²) in [4.78, 5) is 23.1. The molecule has 0 aliphatic heterocycles. The number of fused-ring (bicyclic) bond motifs is 1. The van der Waals surface area contributed by atoms with Gasteiger partial charge in [0.15, 0.2) is 5.13 Å². The molecule has 0 atom stereocenters. The van der Waals surface area contributed by atoms with Crippen molar-refractivity contribution in [3.8, 4) is 0 Å². The van der Waals surface area contributed by atoms with E-state index in [9.17, 15) is 4.79 Å². The summed E-state index contributed by atoms with van der Waals surface area (Å²) < 4.78 is 1.07. The number of rotatable bonds is 7. The topological polar surface area (TPSA) is 62.5 Å². The second kappa shape index (κ2) is 7.95. The maximum atomic E-state index is 13.0. The molecule has 0 unspecified atom stereocenters. The first-order valence-corrected chi connectivity index (χ1v) is 9.82. The van der Waals surface area contributed by atoms with E-state index in [-0.39, 0.29) is 5.91 Å². The summed E-state index contributed by atoms with van der Waals surface area (Å²) >= 11 is 3.08. The van der Waals surface area contributed by atoms with Crippen molar-refractivity contribution < 1.29 is 4.79 Å². The predicted octanol–water partition coefficient (Wildman–Crippen LogP) is 3.42. The Morgan fingerprint density at radius 1 is 1.20 bits per heavy atom. The number of nitrogens with zero attached hydrogens (tertiary/aromatic N) is 3. The Bertz CT molecular complexity index is 810. The van der Waals surface area contributed by atoms with Crippen molar-refractivity contribution in [2.45, 2.75) is 13.0 Å². The van der Waals surface area contributed by atoms with Crippen LogP contribution in [0.1, 0.15) is 21.7 Å². The van der Waals surface area contributed by atoms with E-state index < -0.39 is 0 Å². The van der Waals surface area contributed by atoms with Crippen molar-refractivity contribution in [2.75, 3.05) is 32.1 Å². The Kier molecular flexibility index (Phi) is 5.67. The number of anilines is 1. The van der Waals surface area contributed by atoms with E-state index in [0.29, 0.717) is 19.6 Å². The van der Waals surface area contributed by atoms with Gasteiger partial charge < -0.3 is 15.5 Å². The fourth-order valence-electron chi connectivity index (χ4n) is 2.51. The number of hydrogen-bond acceptors (Lipinski definition) is 6. The number of aromatic nitrogens is 1. The lowest BCUT2D eigenvalue weighted by Gasteiger charge is -2.22. The van der Waals surface area contributed by atoms with Gasteiger partial charge in [0.2, 0.25) is 0 Å². The van der Waals surface area contributed by atoms with Gasteiger partial charge >= 0.3 is 0 Å². The number of benzene rings is 1. The summed E-state index contributed by atoms with van der Waals surface area (Å²) in [6.07, 6.45) is 0.793. The highest BCUT2D eigenvalue weighted by molar-refractivity contribution is 7.29. The van der Waals surface area contributed by atoms with Gasteiger partial charge in [-0.2, -0.15) is 0 Å². The third-order valence-electron chi connectivity index (χ3n) is 3.81. The van der Waals surface area contributed by atoms with E-state index in [1.807, 2.05) is 60.3 Å². The van der Waals surface area contributed by atoms with E-state index in [0.717, 1.165) is 31.5 Å². The fourth-order valence-corrected chi connectivity index (χ4v) is 4.62. The summed E-state index contributed by atoms with van der Waals surface area (Å²) in [7, 11) is 3.95. The van der Waals surface area contributed by atoms with E-state index >= 15 is 0 Å². The molecule has 7 heteroatoms. The summed E-state index contributed by atoms with van der Waals surface area (Å²) in [6, 6.07) is 12.0. The zero-order valence-corrected chi connectivity index (χ0v) is 16.1. The van der Waals surface area contributed by atoms with Gasteiger partial charge in [0, 0.05) is 27.2 Å². The van der Waals surface area contributed by atoms with Gasteiger partial charge in [-0.15, -0.1) is 11.3 Å². The largest absolute Gasteiger partial charge is 0.354 e. The molecular weight excluding hydrogens is 352 g/mol. The van der Waals surface area contributed by atoms with Crippen LogP contribution in [0.15, 0.2) is 36.4 Å². The van der Waals surface area contributed by atoms with Gasteiger partial charge in [-0.25, -0.2) is 4.98 Å². The standard InChI is InChI=1S/C18H22N4OS2/c1-21(2)18-20-16-14(25-18)11-15(24-16)17(23)22(10-6-9-19)12-13-7-4-3-5-8-13/h3-5,7-8,11H,6,9-10,12,19H2,1-2H3. The third-order valence-corrected chi connectivity index (χ3v) is 6.12. The molecule has 3 rings (SSSR count). The lowest BCUT2D eigenvalue weighted by atomic mass is 10.2. The summed E-state index contributed by atoms with van der Waals surface area (Å²) in [5.41, 5.74) is 6.77. The predicted molar refractivity (Wildman–Crippen MR) is 107 cm³/mol. The fraction of sp³-hybridized carbons (Fsp3) is 0.333. The molecule has 2 heterocycles. The number of thiophene rings is 1. The van der Waals surface area contributed by atoms with Gasteiger partial charge in [-0.05, 0) is 24.6 Å². The summed E-state index contributed by atoms with van der Waals surface area (Å²) in [5, 5.41) is 0.963. The Morgan fingerprint density at radius 3 is 2.60 bits per heavy atom. The van der Waals surface area contributed by atoms with Crippen LogP contribution in [0.25, 0.3) is 9.53 Å². The van der Waals surface area contributed by atoms with Crippen LogP contribution in [-0.2, 0) is 6.54 Å². The first-order chi connectivity index (χ1) is 12.1. The average molecular weight is 375 g/mol. The van der Waals surface area contributed by atoms with Crippen molar-refractivity contribution in [3.63, 3.8) is 0 Å². The molecule has 0 aliphatic carbocycles. The molecule has 25 heavy (non-hydrogen) atoms. The second-order valence-electron chi connectivity index (χ2n) is 6.03. The zero-order chi connectivity index (χ0) is 17.8. The molecule has 3 aromatic rings. The van der Waals surface area contributed by atoms with E-state index in [4.69, 9.17) is 5.73 Å². The number of carbonyl (C=O) groups is 1. The normalized spacial score (nSPS) is 11.0. The highest BCUT2D eigenvalue weighted by Crippen LogP contribution is 2.34. The van der Waals surface area contributed by atoms with Crippen LogP contribution in [-0.4, -0.2) is 43.0 Å². The molecule has 0 bridgehead atoms. The van der Waals surface area contributed by atoms with Gasteiger partial charge in [0.1, 0.15) is 4.83 Å². The lowest BCUT2D eigenvalue weighted by Crippen LogP contribution is -2.32. The molecule has 0 radical (unpaired) electrons. The van der Waals surface area contributed by atoms with Crippen LogP contribution in [0.2, 0.25) is 0 Å². The number of carbonyl (C=O) groups excluding carboxylic acids is 1. The minimum Gasteiger partial charge on any atom is -0.354 e. The van der Waals surface area contributed by atoms with Crippen molar-refractivity contribution in [3.05, 3.63) is 46.8 Å². The molecule has 0 aliphatic rings. The van der Waals surface area contributed by atoms with Gasteiger partial charge in [0.05, 0.1) is 9.58 Å². The van der Waals surface area contributed by atoms with Crippen LogP contribution in [0.3, 0.4) is 0 Å². The summed E-state index contributed by atoms with van der Waals surface area (Å²) in [5.74, 6) is 0.0545. The second-order valence-corrected chi connectivity index (χ2v) is 8.07. The van der Waals surface area contributed by atoms with Crippen molar-refractivity contribution in [1.82, 2.24) is 9.88 Å². The van der Waals surface area contributed by atoms with Gasteiger partial charge in [-0.1, -0.05) is 41.7 Å². The van der Waals surface area contributed by atoms with Crippen LogP contribution < -0.4 is 10.6 Å². The van der Waals surface area contributed by atoms with Crippen LogP contribution >= 0.6 is 22.7 Å². The minimum atomic E-state index is 0.0545. The molecule has 1 aromatic carbocycles. The molecular formula is C18H22N4OS2. The number of thiazole rings is 1. The highest BCUT2D eigenvalue weighted by atomic mass is 32.1. The lowest BCUT2D eigenvalue weighted by molar-refractivity contribution is 0.0747. The average Bonchev–Trinajstić information content (AvgIpc) is 3.18. The van der Waals surface area contributed by atoms with Crippen molar-refractivity contribution in [2.24, 2.45) is 5.73 Å². The van der Waals surface area contributed by atoms with E-state index in [1.54, 1.807) is 11.3 Å². The summed E-state index contributed by atoms with van der Waals surface area (Å²) in [6.45, 7) is 1.83. The monoisotopic (exact) mass is 374 g/mol. The molecule has 0 saturated heterocycles. The van der Waals surface area contributed by atoms with Crippen molar-refractivity contribution in [1.29, 1.82) is 0 Å². The number of hydrogen-bond donors (Lipinski definition) is 1. The molecule has 1 amide bonds. The molecule has 5 nitrogen and oxygen atoms in total. The zero-order valence-electron chi connectivity index (χ0n) is 14.4. The van der Waals surface area contributed by atoms with Gasteiger partial charge in [-0.3, -0.25) is 4.79 Å². The molecule has 132 valence electrons. The van der Waals surface area contributed by atoms with E-state index in [2.05, 4.69) is 4.98 Å². The SMILES string of the molecule is CN(C)c1nc2sc(C(=O)N(CCCN)Cc3ccccc3)cc2s1. The van der Waals surface area contributed by atoms with Crippen LogP contribution in [0.5, 0.6) is 0 Å². The van der Waals surface area contributed by atoms with Gasteiger partial charge in [0.25, 0.3) is 5.91 Å². The Labute approximate surface area is 155 Å². The number of amides is 1. The molecule has 2 aromatic heterocycles. The Morgan fingerprint density at radius 2 is 1.96 bits per heavy atom. The molecule has 0 saturated carbocycles. The minimum absolute atomic E-state index is 0.0545. The maximum Gasteiger partial charge on any atom is 0.264 e. The van der Waals surface area contributed by atoms with E-state index in [1.165, 1.54) is 11.3 Å². The van der Waals surface area contributed by atoms with Crippen LogP contribution in [0.4, 0.5) is 5.13 Å². The third kappa shape index (κ3) is 4.18. The number of nitrogens with two attached hydrogens (primary N) is 1. The van der Waals surface area contributed by atoms with Crippen molar-refractivity contribution >= 4 is 43.2 Å². The maximum absolute atomic E-state index is 13.0. The highest BCUT2D eigenvalue weighted by Gasteiger charge is 2.20. The molecule has 0 fully saturated rings. The Hall–Kier alpha value is -1.96. The molecule has 0 spiro atoms. The first-order valence-electron chi connectivity index (χ1n) is 8.19. The van der Waals surface area contributed by atoms with Crippen LogP contribution in [0, 0.1) is 0 Å². The smallest absolute Gasteiger partial charge is 0.264 e. The molecule has 2 N–H and O–H groups in total. The quantitative estimate of drug-likeness (QED) is 0.688. The Balaban J connectivity index is 1.82. The first kappa shape index (κ1) is 17.8.